The first-order valence-corrected chi connectivity index (χ1v) is 14.9. The van der Waals surface area contributed by atoms with Crippen LogP contribution in [-0.4, -0.2) is 43.8 Å². The number of carbonyl (C=O) groups is 2. The molecule has 1 atom stereocenters. The lowest BCUT2D eigenvalue weighted by Gasteiger charge is -2.27. The Labute approximate surface area is 252 Å². The molecule has 0 aromatic heterocycles. The van der Waals surface area contributed by atoms with Crippen LogP contribution in [0.3, 0.4) is 0 Å². The topological polar surface area (TPSA) is 52.7 Å². The van der Waals surface area contributed by atoms with E-state index in [1.165, 1.54) is 12.8 Å². The molecule has 0 fully saturated rings. The minimum Gasteiger partial charge on any atom is -0.375 e. The zero-order valence-electron chi connectivity index (χ0n) is 25.7. The van der Waals surface area contributed by atoms with E-state index in [9.17, 15) is 9.59 Å². The summed E-state index contributed by atoms with van der Waals surface area (Å²) in [5.74, 6) is 0.0168. The van der Waals surface area contributed by atoms with E-state index in [2.05, 4.69) is 36.0 Å². The molecule has 0 aliphatic heterocycles. The molecule has 1 unspecified atom stereocenters. The van der Waals surface area contributed by atoms with Gasteiger partial charge in [0.2, 0.25) is 0 Å². The second kappa shape index (κ2) is 16.9. The number of Topliss-reactive ketones (excluding diaryl/α,β-unsaturated/α-hetero) is 1. The van der Waals surface area contributed by atoms with Gasteiger partial charge in [-0.1, -0.05) is 106 Å². The van der Waals surface area contributed by atoms with Crippen LogP contribution in [0.4, 0.5) is 11.4 Å². The molecule has 1 amide bonds. The summed E-state index contributed by atoms with van der Waals surface area (Å²) in [5, 5.41) is 3.04. The molecule has 0 bridgehead atoms. The summed E-state index contributed by atoms with van der Waals surface area (Å²) in [7, 11) is 4.07. The van der Waals surface area contributed by atoms with E-state index >= 15 is 0 Å². The number of hydrogen-bond acceptors (Lipinski definition) is 4. The van der Waals surface area contributed by atoms with Gasteiger partial charge in [0.25, 0.3) is 5.91 Å². The van der Waals surface area contributed by atoms with Crippen molar-refractivity contribution >= 4 is 23.1 Å². The number of unbranched alkanes of at least 4 members (excludes halogenated alkanes) is 1. The van der Waals surface area contributed by atoms with Gasteiger partial charge in [0.05, 0.1) is 6.04 Å². The van der Waals surface area contributed by atoms with E-state index in [0.717, 1.165) is 47.6 Å². The Balaban J connectivity index is 0.00000114. The number of amides is 1. The van der Waals surface area contributed by atoms with Crippen molar-refractivity contribution in [2.45, 2.75) is 46.1 Å². The predicted octanol–water partition coefficient (Wildman–Crippen LogP) is 8.50. The number of hydrogen-bond donors (Lipinski definition) is 1. The lowest BCUT2D eigenvalue weighted by molar-refractivity contribution is -0.121. The fraction of sp³-hybridized carbons (Fsp3) is 0.297. The number of benzene rings is 4. The molecule has 0 heterocycles. The molecule has 4 aromatic carbocycles. The molecule has 1 N–H and O–H groups in total. The summed E-state index contributed by atoms with van der Waals surface area (Å²) in [5.41, 5.74) is 5.41. The largest absolute Gasteiger partial charge is 0.375 e. The maximum atomic E-state index is 13.1. The maximum Gasteiger partial charge on any atom is 0.256 e. The molecule has 0 saturated heterocycles. The number of carbonyl (C=O) groups excluding carboxylic acids is 2. The van der Waals surface area contributed by atoms with E-state index in [1.54, 1.807) is 6.92 Å². The minimum atomic E-state index is -0.226. The van der Waals surface area contributed by atoms with Gasteiger partial charge in [-0.3, -0.25) is 14.5 Å². The van der Waals surface area contributed by atoms with Crippen LogP contribution in [0.15, 0.2) is 109 Å². The third-order valence-electron chi connectivity index (χ3n) is 7.27. The second-order valence-electron chi connectivity index (χ2n) is 10.6. The monoisotopic (exact) mass is 563 g/mol. The highest BCUT2D eigenvalue weighted by Crippen LogP contribution is 2.25. The number of ketones is 1. The highest BCUT2D eigenvalue weighted by molar-refractivity contribution is 6.08. The number of likely N-dealkylation sites (N-methyl/N-ethyl adjacent to an activating group) is 1. The number of nitrogens with one attached hydrogen (secondary N) is 1. The first-order chi connectivity index (χ1) is 20.3. The molecule has 4 rings (SSSR count). The Bertz CT molecular complexity index is 1370. The highest BCUT2D eigenvalue weighted by Gasteiger charge is 2.21. The predicted molar refractivity (Wildman–Crippen MR) is 177 cm³/mol. The fourth-order valence-corrected chi connectivity index (χ4v) is 4.80. The highest BCUT2D eigenvalue weighted by atomic mass is 16.1. The molecule has 4 aromatic rings. The van der Waals surface area contributed by atoms with Gasteiger partial charge in [-0.15, -0.1) is 0 Å². The molecule has 5 heteroatoms. The average Bonchev–Trinajstić information content (AvgIpc) is 3.02. The zero-order valence-corrected chi connectivity index (χ0v) is 25.7. The van der Waals surface area contributed by atoms with Gasteiger partial charge >= 0.3 is 0 Å². The van der Waals surface area contributed by atoms with E-state index in [0.29, 0.717) is 5.56 Å². The first kappa shape index (κ1) is 32.3. The van der Waals surface area contributed by atoms with Gasteiger partial charge < -0.3 is 10.2 Å². The van der Waals surface area contributed by atoms with Crippen molar-refractivity contribution in [3.05, 3.63) is 120 Å². The van der Waals surface area contributed by atoms with Crippen molar-refractivity contribution in [3.8, 4) is 11.1 Å². The average molecular weight is 564 g/mol. The summed E-state index contributed by atoms with van der Waals surface area (Å²) >= 11 is 0. The van der Waals surface area contributed by atoms with Crippen LogP contribution in [0.25, 0.3) is 11.1 Å². The van der Waals surface area contributed by atoms with Crippen LogP contribution in [0.1, 0.15) is 62.0 Å². The van der Waals surface area contributed by atoms with E-state index in [4.69, 9.17) is 0 Å². The quantitative estimate of drug-likeness (QED) is 0.188. The van der Waals surface area contributed by atoms with Crippen molar-refractivity contribution in [1.29, 1.82) is 0 Å². The lowest BCUT2D eigenvalue weighted by Crippen LogP contribution is -2.32. The standard InChI is InChI=1S/C33H35N3O2.C4H10/c1-25(37)32(27-15-8-5-9-16-27)36(3)24-12-23-35(2)29-21-19-28(20-22-29)34-33(38)31-18-11-10-17-30(31)26-13-6-4-7-14-26;1-3-4-2/h4-11,13-22,32H,12,23-24H2,1-3H3,(H,34,38);3-4H2,1-2H3. The molecule has 0 aliphatic rings. The lowest BCUT2D eigenvalue weighted by atomic mass is 9.99. The van der Waals surface area contributed by atoms with Crippen LogP contribution in [-0.2, 0) is 4.79 Å². The molecule has 5 nitrogen and oxygen atoms in total. The number of nitrogens with zero attached hydrogens (tertiary/aromatic N) is 2. The second-order valence-corrected chi connectivity index (χ2v) is 10.6. The Kier molecular flexibility index (Phi) is 13.0. The summed E-state index contributed by atoms with van der Waals surface area (Å²) < 4.78 is 0. The maximum absolute atomic E-state index is 13.1. The summed E-state index contributed by atoms with van der Waals surface area (Å²) in [6.45, 7) is 7.67. The Morgan fingerprint density at radius 2 is 1.29 bits per heavy atom. The van der Waals surface area contributed by atoms with Gasteiger partial charge in [-0.05, 0) is 67.4 Å². The van der Waals surface area contributed by atoms with Gasteiger partial charge in [-0.25, -0.2) is 0 Å². The van der Waals surface area contributed by atoms with Crippen molar-refractivity contribution in [2.75, 3.05) is 37.4 Å². The molecular weight excluding hydrogens is 518 g/mol. The Morgan fingerprint density at radius 1 is 0.714 bits per heavy atom. The van der Waals surface area contributed by atoms with Crippen LogP contribution >= 0.6 is 0 Å². The molecular formula is C37H45N3O2. The van der Waals surface area contributed by atoms with Gasteiger partial charge in [0.15, 0.2) is 5.78 Å². The summed E-state index contributed by atoms with van der Waals surface area (Å²) in [4.78, 5) is 29.7. The molecule has 0 aliphatic carbocycles. The van der Waals surface area contributed by atoms with Crippen LogP contribution in [0.2, 0.25) is 0 Å². The third kappa shape index (κ3) is 9.42. The van der Waals surface area contributed by atoms with Crippen LogP contribution < -0.4 is 10.2 Å². The first-order valence-electron chi connectivity index (χ1n) is 14.9. The van der Waals surface area contributed by atoms with Gasteiger partial charge in [0, 0.05) is 37.1 Å². The van der Waals surface area contributed by atoms with Crippen molar-refractivity contribution in [3.63, 3.8) is 0 Å². The number of rotatable bonds is 12. The van der Waals surface area contributed by atoms with Crippen molar-refractivity contribution in [2.24, 2.45) is 0 Å². The normalized spacial score (nSPS) is 11.3. The van der Waals surface area contributed by atoms with Crippen LogP contribution in [0, 0.1) is 0 Å². The van der Waals surface area contributed by atoms with Crippen molar-refractivity contribution in [1.82, 2.24) is 4.90 Å². The molecule has 0 spiro atoms. The SMILES string of the molecule is CC(=O)C(c1ccccc1)N(C)CCCN(C)c1ccc(NC(=O)c2ccccc2-c2ccccc2)cc1.CCCC. The van der Waals surface area contributed by atoms with E-state index in [-0.39, 0.29) is 17.7 Å². The van der Waals surface area contributed by atoms with Gasteiger partial charge in [-0.2, -0.15) is 0 Å². The smallest absolute Gasteiger partial charge is 0.256 e. The van der Waals surface area contributed by atoms with E-state index < -0.39 is 0 Å². The Hall–Kier alpha value is -4.22. The molecule has 220 valence electrons. The Morgan fingerprint density at radius 3 is 1.88 bits per heavy atom. The minimum absolute atomic E-state index is 0.132. The van der Waals surface area contributed by atoms with Crippen LogP contribution in [0.5, 0.6) is 0 Å². The molecule has 0 radical (unpaired) electrons. The molecule has 0 saturated carbocycles. The third-order valence-corrected chi connectivity index (χ3v) is 7.27. The van der Waals surface area contributed by atoms with E-state index in [1.807, 2.05) is 116 Å². The van der Waals surface area contributed by atoms with Gasteiger partial charge in [0.1, 0.15) is 0 Å². The summed E-state index contributed by atoms with van der Waals surface area (Å²) in [6, 6.07) is 35.2. The number of anilines is 2. The fourth-order valence-electron chi connectivity index (χ4n) is 4.80. The summed E-state index contributed by atoms with van der Waals surface area (Å²) in [6.07, 6.45) is 3.55. The molecule has 42 heavy (non-hydrogen) atoms. The van der Waals surface area contributed by atoms with Crippen molar-refractivity contribution < 1.29 is 9.59 Å². The zero-order chi connectivity index (χ0) is 30.3.